The third-order valence-electron chi connectivity index (χ3n) is 1.75. The molecule has 3 heteroatoms. The first kappa shape index (κ1) is 11.0. The van der Waals surface area contributed by atoms with Gasteiger partial charge in [0.15, 0.2) is 0 Å². The van der Waals surface area contributed by atoms with Gasteiger partial charge in [0.2, 0.25) is 18.9 Å². The maximum atomic E-state index is 10.3. The second-order valence-electron chi connectivity index (χ2n) is 2.89. The van der Waals surface area contributed by atoms with Crippen LogP contribution in [0.5, 0.6) is 0 Å². The molecule has 0 aromatic carbocycles. The second-order valence-corrected chi connectivity index (χ2v) is 2.89. The first-order valence-corrected chi connectivity index (χ1v) is 3.78. The van der Waals surface area contributed by atoms with Gasteiger partial charge in [-0.15, -0.1) is 0 Å². The maximum Gasteiger partial charge on any atom is 0.202 e. The van der Waals surface area contributed by atoms with Crippen molar-refractivity contribution in [3.63, 3.8) is 0 Å². The first-order chi connectivity index (χ1) is 5.65. The fraction of sp³-hybridized carbons (Fsp3) is 0.667. The van der Waals surface area contributed by atoms with Crippen LogP contribution in [0, 0.1) is 17.8 Å². The fourth-order valence-electron chi connectivity index (χ4n) is 0.865. The topological polar surface area (TPSA) is 51.2 Å². The molecule has 0 bridgehead atoms. The molecule has 0 saturated heterocycles. The Hall–Kier alpha value is -0.990. The standard InChI is InChI=1S/C9H11O3/c1-7(4-10)3-9(6-12)8(2)5-11/h7-9H,3H2,1-2H3. The molecular weight excluding hydrogens is 156 g/mol. The molecule has 3 nitrogen and oxygen atoms in total. The first-order valence-electron chi connectivity index (χ1n) is 3.78. The Morgan fingerprint density at radius 1 is 1.00 bits per heavy atom. The summed E-state index contributed by atoms with van der Waals surface area (Å²) in [5, 5.41) is 0. The van der Waals surface area contributed by atoms with Gasteiger partial charge in [-0.25, -0.2) is 0 Å². The van der Waals surface area contributed by atoms with Crippen LogP contribution in [0.2, 0.25) is 0 Å². The summed E-state index contributed by atoms with van der Waals surface area (Å²) in [5.74, 6) is -1.34. The van der Waals surface area contributed by atoms with E-state index < -0.39 is 11.8 Å². The van der Waals surface area contributed by atoms with Crippen LogP contribution in [-0.4, -0.2) is 18.9 Å². The van der Waals surface area contributed by atoms with E-state index in [2.05, 4.69) is 0 Å². The van der Waals surface area contributed by atoms with Crippen molar-refractivity contribution >= 4 is 18.9 Å². The van der Waals surface area contributed by atoms with Crippen molar-refractivity contribution in [1.82, 2.24) is 0 Å². The quantitative estimate of drug-likeness (QED) is 0.582. The Morgan fingerprint density at radius 2 is 1.58 bits per heavy atom. The van der Waals surface area contributed by atoms with Gasteiger partial charge in [-0.3, -0.25) is 14.4 Å². The van der Waals surface area contributed by atoms with E-state index in [9.17, 15) is 14.4 Å². The van der Waals surface area contributed by atoms with Gasteiger partial charge >= 0.3 is 0 Å². The SMILES string of the molecule is CC([C]=O)CC([C]=O)C(C)[C]=O. The molecule has 0 aliphatic heterocycles. The zero-order valence-electron chi connectivity index (χ0n) is 7.16. The van der Waals surface area contributed by atoms with E-state index in [-0.39, 0.29) is 5.92 Å². The molecule has 0 aliphatic carbocycles. The largest absolute Gasteiger partial charge is 0.291 e. The normalized spacial score (nSPS) is 17.5. The molecule has 0 aromatic rings. The number of carbonyl (C=O) groups excluding carboxylic acids is 3. The molecule has 0 N–H and O–H groups in total. The van der Waals surface area contributed by atoms with Gasteiger partial charge in [-0.1, -0.05) is 13.8 Å². The summed E-state index contributed by atoms with van der Waals surface area (Å²) in [6.45, 7) is 3.23. The summed E-state index contributed by atoms with van der Waals surface area (Å²) >= 11 is 0. The molecule has 3 atom stereocenters. The molecule has 12 heavy (non-hydrogen) atoms. The summed E-state index contributed by atoms with van der Waals surface area (Å²) < 4.78 is 0. The molecule has 0 amide bonds. The van der Waals surface area contributed by atoms with Crippen LogP contribution in [0.3, 0.4) is 0 Å². The molecule has 3 unspecified atom stereocenters. The molecule has 65 valence electrons. The smallest absolute Gasteiger partial charge is 0.202 e. The monoisotopic (exact) mass is 167 g/mol. The van der Waals surface area contributed by atoms with Crippen molar-refractivity contribution in [2.24, 2.45) is 17.8 Å². The van der Waals surface area contributed by atoms with Crippen molar-refractivity contribution in [1.29, 1.82) is 0 Å². The van der Waals surface area contributed by atoms with Crippen molar-refractivity contribution in [3.8, 4) is 0 Å². The van der Waals surface area contributed by atoms with E-state index >= 15 is 0 Å². The van der Waals surface area contributed by atoms with Gasteiger partial charge in [0, 0.05) is 17.8 Å². The van der Waals surface area contributed by atoms with Crippen LogP contribution >= 0.6 is 0 Å². The zero-order valence-corrected chi connectivity index (χ0v) is 7.16. The second kappa shape index (κ2) is 5.63. The Bertz CT molecular complexity index is 165. The predicted octanol–water partition coefficient (Wildman–Crippen LogP) is 0.594. The van der Waals surface area contributed by atoms with Gasteiger partial charge in [0.1, 0.15) is 0 Å². The van der Waals surface area contributed by atoms with Gasteiger partial charge < -0.3 is 0 Å². The van der Waals surface area contributed by atoms with Crippen LogP contribution in [0.25, 0.3) is 0 Å². The molecule has 0 aliphatic rings. The van der Waals surface area contributed by atoms with E-state index in [1.54, 1.807) is 32.7 Å². The highest BCUT2D eigenvalue weighted by Crippen LogP contribution is 2.15. The summed E-state index contributed by atoms with van der Waals surface area (Å²) in [5.41, 5.74) is 0. The minimum absolute atomic E-state index is 0.323. The predicted molar refractivity (Wildman–Crippen MR) is 43.5 cm³/mol. The van der Waals surface area contributed by atoms with Gasteiger partial charge in [-0.05, 0) is 6.42 Å². The summed E-state index contributed by atoms with van der Waals surface area (Å²) in [6, 6.07) is 0. The minimum atomic E-state index is -0.529. The van der Waals surface area contributed by atoms with Gasteiger partial charge in [0.05, 0.1) is 0 Å². The Balaban J connectivity index is 4.06. The maximum absolute atomic E-state index is 10.3. The lowest BCUT2D eigenvalue weighted by Gasteiger charge is -2.12. The molecular formula is C9H11O3. The highest BCUT2D eigenvalue weighted by molar-refractivity contribution is 5.66. The van der Waals surface area contributed by atoms with Crippen LogP contribution < -0.4 is 0 Å². The minimum Gasteiger partial charge on any atom is -0.291 e. The van der Waals surface area contributed by atoms with Crippen LogP contribution in [0.15, 0.2) is 0 Å². The zero-order chi connectivity index (χ0) is 9.56. The number of rotatable bonds is 6. The fourth-order valence-corrected chi connectivity index (χ4v) is 0.865. The summed E-state index contributed by atoms with van der Waals surface area (Å²) in [4.78, 5) is 30.6. The van der Waals surface area contributed by atoms with Crippen LogP contribution in [0.1, 0.15) is 20.3 Å². The highest BCUT2D eigenvalue weighted by atomic mass is 16.1. The number of hydrogen-bond acceptors (Lipinski definition) is 3. The molecule has 0 heterocycles. The van der Waals surface area contributed by atoms with E-state index in [4.69, 9.17) is 0 Å². The Labute approximate surface area is 72.1 Å². The van der Waals surface area contributed by atoms with Gasteiger partial charge in [0.25, 0.3) is 0 Å². The third kappa shape index (κ3) is 3.42. The van der Waals surface area contributed by atoms with Crippen molar-refractivity contribution in [2.45, 2.75) is 20.3 Å². The number of hydrogen-bond donors (Lipinski definition) is 0. The van der Waals surface area contributed by atoms with E-state index in [1.165, 1.54) is 0 Å². The lowest BCUT2D eigenvalue weighted by atomic mass is 9.88. The lowest BCUT2D eigenvalue weighted by Crippen LogP contribution is -2.17. The molecule has 0 spiro atoms. The average Bonchev–Trinajstić information content (AvgIpc) is 2.12. The Kier molecular flexibility index (Phi) is 5.17. The van der Waals surface area contributed by atoms with E-state index in [1.807, 2.05) is 0 Å². The Morgan fingerprint density at radius 3 is 1.92 bits per heavy atom. The van der Waals surface area contributed by atoms with Crippen LogP contribution in [0.4, 0.5) is 0 Å². The molecule has 0 fully saturated rings. The van der Waals surface area contributed by atoms with Crippen molar-refractivity contribution in [2.75, 3.05) is 0 Å². The van der Waals surface area contributed by atoms with Crippen molar-refractivity contribution in [3.05, 3.63) is 0 Å². The van der Waals surface area contributed by atoms with Gasteiger partial charge in [-0.2, -0.15) is 0 Å². The summed E-state index contributed by atoms with van der Waals surface area (Å²) in [7, 11) is 0. The summed E-state index contributed by atoms with van der Waals surface area (Å²) in [6.07, 6.45) is 5.50. The highest BCUT2D eigenvalue weighted by Gasteiger charge is 2.20. The average molecular weight is 167 g/mol. The third-order valence-corrected chi connectivity index (χ3v) is 1.75. The lowest BCUT2D eigenvalue weighted by molar-refractivity contribution is 0.415. The molecule has 0 rings (SSSR count). The van der Waals surface area contributed by atoms with E-state index in [0.717, 1.165) is 0 Å². The molecule has 3 radical (unpaired) electrons. The van der Waals surface area contributed by atoms with Crippen molar-refractivity contribution < 1.29 is 14.4 Å². The van der Waals surface area contributed by atoms with Crippen LogP contribution in [-0.2, 0) is 14.4 Å². The van der Waals surface area contributed by atoms with E-state index in [0.29, 0.717) is 6.42 Å². The molecule has 0 saturated carbocycles. The molecule has 0 aromatic heterocycles.